The van der Waals surface area contributed by atoms with Crippen LogP contribution in [0.15, 0.2) is 54.6 Å². The van der Waals surface area contributed by atoms with Gasteiger partial charge in [0, 0.05) is 0 Å². The first kappa shape index (κ1) is 11.8. The Kier molecular flexibility index (Phi) is 2.95. The fraction of sp³-hybridized carbons (Fsp3) is 0.188. The van der Waals surface area contributed by atoms with Gasteiger partial charge in [0.1, 0.15) is 6.10 Å². The van der Waals surface area contributed by atoms with Gasteiger partial charge in [-0.1, -0.05) is 54.6 Å². The van der Waals surface area contributed by atoms with E-state index in [0.717, 1.165) is 11.1 Å². The van der Waals surface area contributed by atoms with Gasteiger partial charge in [-0.25, -0.2) is 4.79 Å². The van der Waals surface area contributed by atoms with Crippen molar-refractivity contribution in [1.29, 1.82) is 0 Å². The summed E-state index contributed by atoms with van der Waals surface area (Å²) >= 11 is 0. The van der Waals surface area contributed by atoms with Gasteiger partial charge in [-0.05, 0) is 23.6 Å². The highest BCUT2D eigenvalue weighted by molar-refractivity contribution is 5.70. The number of alkyl carbamates (subject to hydrolysis) is 1. The summed E-state index contributed by atoms with van der Waals surface area (Å²) in [6.07, 6.45) is -0.540. The molecule has 1 saturated heterocycles. The summed E-state index contributed by atoms with van der Waals surface area (Å²) in [6.45, 7) is 1.95. The SMILES string of the molecule is C[C@@H]1NC(=O)O[C@@H]1c1ccc(-c2ccccc2)cc1. The summed E-state index contributed by atoms with van der Waals surface area (Å²) in [5.41, 5.74) is 3.36. The van der Waals surface area contributed by atoms with E-state index in [1.807, 2.05) is 37.3 Å². The average molecular weight is 253 g/mol. The van der Waals surface area contributed by atoms with Crippen molar-refractivity contribution in [2.45, 2.75) is 19.1 Å². The third kappa shape index (κ3) is 2.32. The van der Waals surface area contributed by atoms with Crippen LogP contribution in [0.1, 0.15) is 18.6 Å². The Morgan fingerprint density at radius 2 is 1.58 bits per heavy atom. The van der Waals surface area contributed by atoms with Crippen LogP contribution >= 0.6 is 0 Å². The standard InChI is InChI=1S/C16H15NO2/c1-11-15(19-16(18)17-11)14-9-7-13(8-10-14)12-5-3-2-4-6-12/h2-11,15H,1H3,(H,17,18)/t11-,15-/m0/s1. The molecule has 1 aliphatic rings. The Balaban J connectivity index is 1.85. The molecule has 1 amide bonds. The monoisotopic (exact) mass is 253 g/mol. The molecule has 0 bridgehead atoms. The second-order valence-electron chi connectivity index (χ2n) is 4.75. The lowest BCUT2D eigenvalue weighted by molar-refractivity contribution is 0.134. The Labute approximate surface area is 112 Å². The molecular formula is C16H15NO2. The van der Waals surface area contributed by atoms with Gasteiger partial charge in [-0.3, -0.25) is 0 Å². The molecule has 2 atom stereocenters. The maximum atomic E-state index is 11.2. The second-order valence-corrected chi connectivity index (χ2v) is 4.75. The van der Waals surface area contributed by atoms with Crippen LogP contribution in [0.4, 0.5) is 4.79 Å². The summed E-state index contributed by atoms with van der Waals surface area (Å²) in [4.78, 5) is 11.2. The van der Waals surface area contributed by atoms with Crippen molar-refractivity contribution < 1.29 is 9.53 Å². The maximum absolute atomic E-state index is 11.2. The highest BCUT2D eigenvalue weighted by atomic mass is 16.6. The van der Waals surface area contributed by atoms with Gasteiger partial charge in [-0.2, -0.15) is 0 Å². The van der Waals surface area contributed by atoms with E-state index in [4.69, 9.17) is 4.74 Å². The fourth-order valence-electron chi connectivity index (χ4n) is 2.37. The molecule has 1 aliphatic heterocycles. The summed E-state index contributed by atoms with van der Waals surface area (Å²) < 4.78 is 5.26. The van der Waals surface area contributed by atoms with E-state index in [2.05, 4.69) is 29.6 Å². The Hall–Kier alpha value is -2.29. The van der Waals surface area contributed by atoms with Crippen molar-refractivity contribution in [3.63, 3.8) is 0 Å². The fourth-order valence-corrected chi connectivity index (χ4v) is 2.37. The quantitative estimate of drug-likeness (QED) is 0.889. The molecule has 96 valence electrons. The predicted octanol–water partition coefficient (Wildman–Crippen LogP) is 3.52. The normalized spacial score (nSPS) is 21.8. The number of rotatable bonds is 2. The van der Waals surface area contributed by atoms with Gasteiger partial charge in [0.05, 0.1) is 6.04 Å². The van der Waals surface area contributed by atoms with E-state index in [1.165, 1.54) is 5.56 Å². The molecule has 1 fully saturated rings. The van der Waals surface area contributed by atoms with Gasteiger partial charge >= 0.3 is 6.09 Å². The van der Waals surface area contributed by atoms with Crippen LogP contribution in [0.5, 0.6) is 0 Å². The van der Waals surface area contributed by atoms with Crippen molar-refractivity contribution >= 4 is 6.09 Å². The van der Waals surface area contributed by atoms with Crippen LogP contribution in [0.3, 0.4) is 0 Å². The lowest BCUT2D eigenvalue weighted by Crippen LogP contribution is -2.23. The average Bonchev–Trinajstić information content (AvgIpc) is 2.79. The summed E-state index contributed by atoms with van der Waals surface area (Å²) in [5.74, 6) is 0. The molecule has 0 aliphatic carbocycles. The number of amides is 1. The topological polar surface area (TPSA) is 38.3 Å². The van der Waals surface area contributed by atoms with Gasteiger partial charge in [0.2, 0.25) is 0 Å². The van der Waals surface area contributed by atoms with Crippen molar-refractivity contribution in [2.75, 3.05) is 0 Å². The maximum Gasteiger partial charge on any atom is 0.408 e. The van der Waals surface area contributed by atoms with Crippen molar-refractivity contribution in [3.05, 3.63) is 60.2 Å². The highest BCUT2D eigenvalue weighted by Crippen LogP contribution is 2.28. The van der Waals surface area contributed by atoms with Crippen LogP contribution in [-0.4, -0.2) is 12.1 Å². The van der Waals surface area contributed by atoms with E-state index >= 15 is 0 Å². The predicted molar refractivity (Wildman–Crippen MR) is 73.7 cm³/mol. The molecule has 19 heavy (non-hydrogen) atoms. The van der Waals surface area contributed by atoms with E-state index in [9.17, 15) is 4.79 Å². The highest BCUT2D eigenvalue weighted by Gasteiger charge is 2.31. The largest absolute Gasteiger partial charge is 0.439 e. The lowest BCUT2D eigenvalue weighted by Gasteiger charge is -2.13. The zero-order valence-electron chi connectivity index (χ0n) is 10.7. The molecule has 0 unspecified atom stereocenters. The molecule has 3 rings (SSSR count). The number of ether oxygens (including phenoxy) is 1. The summed E-state index contributed by atoms with van der Waals surface area (Å²) in [5, 5.41) is 2.75. The van der Waals surface area contributed by atoms with Gasteiger partial charge in [0.25, 0.3) is 0 Å². The first-order chi connectivity index (χ1) is 9.24. The Bertz CT molecular complexity index is 577. The zero-order chi connectivity index (χ0) is 13.2. The number of hydrogen-bond acceptors (Lipinski definition) is 2. The molecule has 2 aromatic rings. The third-order valence-electron chi connectivity index (χ3n) is 3.38. The second kappa shape index (κ2) is 4.76. The van der Waals surface area contributed by atoms with Crippen LogP contribution in [0.2, 0.25) is 0 Å². The number of benzene rings is 2. The van der Waals surface area contributed by atoms with Crippen molar-refractivity contribution in [2.24, 2.45) is 0 Å². The van der Waals surface area contributed by atoms with E-state index < -0.39 is 0 Å². The first-order valence-electron chi connectivity index (χ1n) is 6.36. The minimum atomic E-state index is -0.343. The van der Waals surface area contributed by atoms with Gasteiger partial charge in [-0.15, -0.1) is 0 Å². The summed E-state index contributed by atoms with van der Waals surface area (Å²) in [6, 6.07) is 18.4. The van der Waals surface area contributed by atoms with E-state index in [1.54, 1.807) is 0 Å². The molecule has 1 heterocycles. The molecule has 0 radical (unpaired) electrons. The molecule has 0 aromatic heterocycles. The van der Waals surface area contributed by atoms with Gasteiger partial charge < -0.3 is 10.1 Å². The Morgan fingerprint density at radius 3 is 2.16 bits per heavy atom. The number of hydrogen-bond donors (Lipinski definition) is 1. The van der Waals surface area contributed by atoms with E-state index in [-0.39, 0.29) is 18.2 Å². The number of cyclic esters (lactones) is 1. The van der Waals surface area contributed by atoms with Crippen molar-refractivity contribution in [3.8, 4) is 11.1 Å². The third-order valence-corrected chi connectivity index (χ3v) is 3.38. The molecule has 2 aromatic carbocycles. The first-order valence-corrected chi connectivity index (χ1v) is 6.36. The van der Waals surface area contributed by atoms with Crippen LogP contribution < -0.4 is 5.32 Å². The molecule has 3 nitrogen and oxygen atoms in total. The molecule has 1 N–H and O–H groups in total. The molecule has 0 saturated carbocycles. The minimum absolute atomic E-state index is 0.00933. The summed E-state index contributed by atoms with van der Waals surface area (Å²) in [7, 11) is 0. The smallest absolute Gasteiger partial charge is 0.408 e. The molecular weight excluding hydrogens is 238 g/mol. The minimum Gasteiger partial charge on any atom is -0.439 e. The van der Waals surface area contributed by atoms with Crippen LogP contribution in [-0.2, 0) is 4.74 Å². The van der Waals surface area contributed by atoms with Crippen LogP contribution in [0.25, 0.3) is 11.1 Å². The van der Waals surface area contributed by atoms with Crippen LogP contribution in [0, 0.1) is 0 Å². The molecule has 3 heteroatoms. The van der Waals surface area contributed by atoms with Gasteiger partial charge in [0.15, 0.2) is 0 Å². The molecule has 0 spiro atoms. The van der Waals surface area contributed by atoms with Crippen molar-refractivity contribution in [1.82, 2.24) is 5.32 Å². The number of carbonyl (C=O) groups is 1. The zero-order valence-corrected chi connectivity index (χ0v) is 10.7. The number of nitrogens with one attached hydrogen (secondary N) is 1. The lowest BCUT2D eigenvalue weighted by atomic mass is 9.99. The number of carbonyl (C=O) groups excluding carboxylic acids is 1. The Morgan fingerprint density at radius 1 is 0.947 bits per heavy atom. The van der Waals surface area contributed by atoms with E-state index in [0.29, 0.717) is 0 Å².